The second kappa shape index (κ2) is 13.5. The standard InChI is InChI=1S/C50H40N2O2S/c1-30-17-18-31(2)41(25-30)33-21-19-32(20-22-33)34-27-42(39-14-10-13-38-37-11-7-9-16-45(37)54-48(38)39)47-46(28-34)55-49(52-47)40-12-6-8-15-43(40)51-29-35-26-36(50(3,4)5)23-24-44(35)53/h6-29,53H,1-5H3. The van der Waals surface area contributed by atoms with Crippen LogP contribution in [0.2, 0.25) is 0 Å². The first-order valence-corrected chi connectivity index (χ1v) is 19.4. The molecule has 2 aromatic heterocycles. The van der Waals surface area contributed by atoms with Gasteiger partial charge in [0.25, 0.3) is 0 Å². The highest BCUT2D eigenvalue weighted by Crippen LogP contribution is 2.44. The van der Waals surface area contributed by atoms with Crippen molar-refractivity contribution in [3.05, 3.63) is 162 Å². The number of hydrogen-bond donors (Lipinski definition) is 1. The van der Waals surface area contributed by atoms with Crippen LogP contribution in [0, 0.1) is 13.8 Å². The molecule has 0 radical (unpaired) electrons. The van der Waals surface area contributed by atoms with Gasteiger partial charge in [0, 0.05) is 39.2 Å². The Bertz CT molecular complexity index is 2940. The minimum atomic E-state index is -0.0550. The Labute approximate surface area is 325 Å². The van der Waals surface area contributed by atoms with Crippen molar-refractivity contribution >= 4 is 55.4 Å². The summed E-state index contributed by atoms with van der Waals surface area (Å²) in [6.07, 6.45) is 1.75. The highest BCUT2D eigenvalue weighted by molar-refractivity contribution is 7.21. The van der Waals surface area contributed by atoms with Gasteiger partial charge in [-0.05, 0) is 95.1 Å². The van der Waals surface area contributed by atoms with Crippen molar-refractivity contribution in [2.24, 2.45) is 4.99 Å². The molecular formula is C50H40N2O2S. The summed E-state index contributed by atoms with van der Waals surface area (Å²) in [5, 5.41) is 13.8. The third kappa shape index (κ3) is 6.41. The number of para-hydroxylation sites is 3. The van der Waals surface area contributed by atoms with E-state index in [0.29, 0.717) is 5.56 Å². The lowest BCUT2D eigenvalue weighted by Crippen LogP contribution is -2.11. The number of rotatable bonds is 6. The summed E-state index contributed by atoms with van der Waals surface area (Å²) in [6, 6.07) is 48.4. The van der Waals surface area contributed by atoms with Crippen molar-refractivity contribution in [3.63, 3.8) is 0 Å². The molecule has 0 aliphatic heterocycles. The molecule has 0 saturated heterocycles. The molecule has 0 unspecified atom stereocenters. The van der Waals surface area contributed by atoms with Crippen LogP contribution in [0.3, 0.4) is 0 Å². The van der Waals surface area contributed by atoms with Gasteiger partial charge in [-0.3, -0.25) is 4.99 Å². The molecule has 7 aromatic carbocycles. The van der Waals surface area contributed by atoms with Crippen LogP contribution >= 0.6 is 11.3 Å². The fourth-order valence-corrected chi connectivity index (χ4v) is 8.46. The molecule has 268 valence electrons. The van der Waals surface area contributed by atoms with Crippen LogP contribution in [0.15, 0.2) is 149 Å². The van der Waals surface area contributed by atoms with E-state index in [9.17, 15) is 5.11 Å². The van der Waals surface area contributed by atoms with Crippen LogP contribution in [0.25, 0.3) is 76.1 Å². The Hall–Kier alpha value is -6.30. The largest absolute Gasteiger partial charge is 0.507 e. The average molecular weight is 733 g/mol. The molecule has 9 aromatic rings. The zero-order valence-electron chi connectivity index (χ0n) is 31.5. The number of phenols is 1. The molecule has 0 atom stereocenters. The topological polar surface area (TPSA) is 58.6 Å². The second-order valence-electron chi connectivity index (χ2n) is 15.4. The molecule has 0 aliphatic carbocycles. The number of nitrogens with zero attached hydrogens (tertiary/aromatic N) is 2. The van der Waals surface area contributed by atoms with E-state index < -0.39 is 0 Å². The number of aryl methyl sites for hydroxylation is 2. The smallest absolute Gasteiger partial charge is 0.143 e. The molecule has 0 spiro atoms. The fourth-order valence-electron chi connectivity index (χ4n) is 7.40. The maximum Gasteiger partial charge on any atom is 0.143 e. The van der Waals surface area contributed by atoms with E-state index in [1.165, 1.54) is 22.3 Å². The number of aliphatic imine (C=N–C) groups is 1. The summed E-state index contributed by atoms with van der Waals surface area (Å²) in [5.74, 6) is 0.202. The number of phenolic OH excluding ortho intramolecular Hbond substituents is 1. The maximum atomic E-state index is 10.7. The van der Waals surface area contributed by atoms with Gasteiger partial charge in [0.1, 0.15) is 21.9 Å². The highest BCUT2D eigenvalue weighted by Gasteiger charge is 2.20. The molecule has 0 amide bonds. The molecule has 55 heavy (non-hydrogen) atoms. The predicted octanol–water partition coefficient (Wildman–Crippen LogP) is 14.2. The lowest BCUT2D eigenvalue weighted by Gasteiger charge is -2.19. The predicted molar refractivity (Wildman–Crippen MR) is 232 cm³/mol. The number of benzene rings is 7. The van der Waals surface area contributed by atoms with E-state index >= 15 is 0 Å². The number of furan rings is 1. The summed E-state index contributed by atoms with van der Waals surface area (Å²) < 4.78 is 7.65. The Kier molecular flexibility index (Phi) is 8.48. The third-order valence-corrected chi connectivity index (χ3v) is 11.5. The molecule has 1 N–H and O–H groups in total. The molecule has 0 saturated carbocycles. The van der Waals surface area contributed by atoms with Crippen molar-refractivity contribution in [1.29, 1.82) is 0 Å². The van der Waals surface area contributed by atoms with Gasteiger partial charge in [-0.1, -0.05) is 123 Å². The number of hydrogen-bond acceptors (Lipinski definition) is 5. The van der Waals surface area contributed by atoms with Crippen molar-refractivity contribution in [1.82, 2.24) is 4.98 Å². The zero-order valence-corrected chi connectivity index (χ0v) is 32.3. The summed E-state index contributed by atoms with van der Waals surface area (Å²) in [6.45, 7) is 10.8. The zero-order chi connectivity index (χ0) is 37.8. The quantitative estimate of drug-likeness (QED) is 0.173. The second-order valence-corrected chi connectivity index (χ2v) is 16.4. The van der Waals surface area contributed by atoms with Gasteiger partial charge in [0.2, 0.25) is 0 Å². The Morgan fingerprint density at radius 3 is 2.24 bits per heavy atom. The SMILES string of the molecule is Cc1ccc(C)c(-c2ccc(-c3cc(-c4cccc5c4oc4ccccc45)c4nc(-c5ccccc5N=Cc5cc(C(C)(C)C)ccc5O)sc4c3)cc2)c1. The van der Waals surface area contributed by atoms with Crippen LogP contribution in [0.5, 0.6) is 5.75 Å². The van der Waals surface area contributed by atoms with Crippen LogP contribution in [0.1, 0.15) is 43.0 Å². The van der Waals surface area contributed by atoms with Gasteiger partial charge < -0.3 is 9.52 Å². The van der Waals surface area contributed by atoms with Crippen LogP contribution in [-0.2, 0) is 5.41 Å². The van der Waals surface area contributed by atoms with Gasteiger partial charge >= 0.3 is 0 Å². The van der Waals surface area contributed by atoms with E-state index in [4.69, 9.17) is 14.4 Å². The molecular weight excluding hydrogens is 693 g/mol. The number of aromatic nitrogens is 1. The molecule has 0 aliphatic rings. The Morgan fingerprint density at radius 2 is 1.40 bits per heavy atom. The van der Waals surface area contributed by atoms with Gasteiger partial charge in [-0.25, -0.2) is 4.98 Å². The lowest BCUT2D eigenvalue weighted by atomic mass is 9.86. The van der Waals surface area contributed by atoms with Gasteiger partial charge in [-0.2, -0.15) is 0 Å². The summed E-state index contributed by atoms with van der Waals surface area (Å²) >= 11 is 1.66. The monoisotopic (exact) mass is 732 g/mol. The number of aromatic hydroxyl groups is 1. The number of thiazole rings is 1. The molecule has 4 nitrogen and oxygen atoms in total. The molecule has 2 heterocycles. The van der Waals surface area contributed by atoms with E-state index in [0.717, 1.165) is 76.2 Å². The molecule has 0 fully saturated rings. The Morgan fingerprint density at radius 1 is 0.655 bits per heavy atom. The first kappa shape index (κ1) is 34.5. The van der Waals surface area contributed by atoms with Crippen molar-refractivity contribution in [2.45, 2.75) is 40.0 Å². The van der Waals surface area contributed by atoms with Crippen molar-refractivity contribution < 1.29 is 9.52 Å². The van der Waals surface area contributed by atoms with Gasteiger partial charge in [0.15, 0.2) is 0 Å². The summed E-state index contributed by atoms with van der Waals surface area (Å²) in [7, 11) is 0. The van der Waals surface area contributed by atoms with Crippen molar-refractivity contribution in [3.8, 4) is 49.7 Å². The van der Waals surface area contributed by atoms with Gasteiger partial charge in [-0.15, -0.1) is 11.3 Å². The first-order valence-electron chi connectivity index (χ1n) is 18.6. The lowest BCUT2D eigenvalue weighted by molar-refractivity contribution is 0.473. The van der Waals surface area contributed by atoms with Crippen LogP contribution < -0.4 is 0 Å². The number of fused-ring (bicyclic) bond motifs is 4. The third-order valence-electron chi connectivity index (χ3n) is 10.5. The normalized spacial score (nSPS) is 12.1. The molecule has 5 heteroatoms. The minimum Gasteiger partial charge on any atom is -0.507 e. The fraction of sp³-hybridized carbons (Fsp3) is 0.120. The average Bonchev–Trinajstić information content (AvgIpc) is 3.80. The van der Waals surface area contributed by atoms with E-state index in [2.05, 4.69) is 126 Å². The van der Waals surface area contributed by atoms with E-state index in [-0.39, 0.29) is 11.2 Å². The highest BCUT2D eigenvalue weighted by atomic mass is 32.1. The molecule has 0 bridgehead atoms. The first-order chi connectivity index (χ1) is 26.6. The van der Waals surface area contributed by atoms with E-state index in [1.54, 1.807) is 23.6 Å². The summed E-state index contributed by atoms with van der Waals surface area (Å²) in [5.41, 5.74) is 15.3. The van der Waals surface area contributed by atoms with Crippen LogP contribution in [-0.4, -0.2) is 16.3 Å². The van der Waals surface area contributed by atoms with E-state index in [1.807, 2.05) is 42.5 Å². The maximum absolute atomic E-state index is 10.7. The Balaban J connectivity index is 1.20. The summed E-state index contributed by atoms with van der Waals surface area (Å²) in [4.78, 5) is 10.3. The van der Waals surface area contributed by atoms with Gasteiger partial charge in [0.05, 0.1) is 15.9 Å². The molecule has 9 rings (SSSR count). The van der Waals surface area contributed by atoms with Crippen LogP contribution in [0.4, 0.5) is 5.69 Å². The van der Waals surface area contributed by atoms with Crippen molar-refractivity contribution in [2.75, 3.05) is 0 Å². The minimum absolute atomic E-state index is 0.0550.